The molecule has 0 radical (unpaired) electrons. The van der Waals surface area contributed by atoms with Crippen LogP contribution in [0.15, 0.2) is 83.8 Å². The second-order valence-corrected chi connectivity index (χ2v) is 12.5. The molecule has 0 bridgehead atoms. The summed E-state index contributed by atoms with van der Waals surface area (Å²) in [6, 6.07) is 23.1. The number of carbonyl (C=O) groups excluding carboxylic acids is 1. The number of nitrogens with one attached hydrogen (secondary N) is 1. The van der Waals surface area contributed by atoms with Crippen LogP contribution in [0, 0.1) is 0 Å². The zero-order valence-electron chi connectivity index (χ0n) is 20.6. The maximum atomic E-state index is 13.7. The van der Waals surface area contributed by atoms with E-state index < -0.39 is 22.0 Å². The third-order valence-electron chi connectivity index (χ3n) is 5.99. The van der Waals surface area contributed by atoms with Crippen molar-refractivity contribution >= 4 is 38.1 Å². The lowest BCUT2D eigenvalue weighted by atomic mass is 9.86. The molecule has 1 aromatic heterocycles. The molecule has 1 aliphatic rings. The highest BCUT2D eigenvalue weighted by molar-refractivity contribution is 7.92. The minimum atomic E-state index is -3.96. The first-order chi connectivity index (χ1) is 17.6. The number of ether oxygens (including phenoxy) is 1. The minimum Gasteiger partial charge on any atom is -0.476 e. The fourth-order valence-electron chi connectivity index (χ4n) is 3.96. The number of carbonyl (C=O) groups is 1. The van der Waals surface area contributed by atoms with Crippen molar-refractivity contribution in [2.24, 2.45) is 0 Å². The van der Waals surface area contributed by atoms with E-state index in [9.17, 15) is 13.2 Å². The van der Waals surface area contributed by atoms with Crippen LogP contribution in [0.4, 0.5) is 10.8 Å². The van der Waals surface area contributed by atoms with Crippen LogP contribution in [-0.4, -0.2) is 37.2 Å². The Morgan fingerprint density at radius 1 is 1.00 bits per heavy atom. The number of anilines is 2. The van der Waals surface area contributed by atoms with Crippen molar-refractivity contribution in [2.75, 3.05) is 16.2 Å². The fraction of sp³-hybridized carbons (Fsp3) is 0.222. The minimum absolute atomic E-state index is 0.139. The highest BCUT2D eigenvalue weighted by atomic mass is 32.2. The molecule has 4 aromatic rings. The highest BCUT2D eigenvalue weighted by Crippen LogP contribution is 2.40. The third-order valence-corrected chi connectivity index (χ3v) is 8.68. The van der Waals surface area contributed by atoms with Crippen molar-refractivity contribution in [2.45, 2.75) is 37.2 Å². The van der Waals surface area contributed by atoms with Gasteiger partial charge >= 0.3 is 0 Å². The van der Waals surface area contributed by atoms with Gasteiger partial charge in [-0.15, -0.1) is 10.2 Å². The van der Waals surface area contributed by atoms with Crippen LogP contribution in [0.5, 0.6) is 5.75 Å². The number of rotatable bonds is 5. The number of sulfonamides is 1. The zero-order chi connectivity index (χ0) is 26.2. The van der Waals surface area contributed by atoms with Gasteiger partial charge in [-0.2, -0.15) is 0 Å². The molecule has 0 fully saturated rings. The molecule has 5 rings (SSSR count). The van der Waals surface area contributed by atoms with Gasteiger partial charge in [0.25, 0.3) is 15.9 Å². The van der Waals surface area contributed by atoms with Crippen molar-refractivity contribution in [3.05, 3.63) is 84.4 Å². The molecular formula is C27H26N4O4S2. The van der Waals surface area contributed by atoms with Gasteiger partial charge in [-0.25, -0.2) is 8.42 Å². The van der Waals surface area contributed by atoms with E-state index in [1.165, 1.54) is 15.6 Å². The largest absolute Gasteiger partial charge is 0.476 e. The van der Waals surface area contributed by atoms with Gasteiger partial charge in [0, 0.05) is 5.56 Å². The summed E-state index contributed by atoms with van der Waals surface area (Å²) in [5.41, 5.74) is 2.04. The van der Waals surface area contributed by atoms with Crippen molar-refractivity contribution in [3.63, 3.8) is 0 Å². The van der Waals surface area contributed by atoms with E-state index in [-0.39, 0.29) is 16.9 Å². The first-order valence-electron chi connectivity index (χ1n) is 11.7. The van der Waals surface area contributed by atoms with E-state index in [2.05, 4.69) is 36.3 Å². The van der Waals surface area contributed by atoms with Gasteiger partial charge in [0.2, 0.25) is 5.13 Å². The number of amides is 1. The molecule has 0 spiro atoms. The van der Waals surface area contributed by atoms with Gasteiger partial charge in [-0.3, -0.25) is 14.4 Å². The molecular weight excluding hydrogens is 508 g/mol. The fourth-order valence-corrected chi connectivity index (χ4v) is 6.20. The van der Waals surface area contributed by atoms with Gasteiger partial charge in [0.15, 0.2) is 6.10 Å². The van der Waals surface area contributed by atoms with Crippen molar-refractivity contribution < 1.29 is 17.9 Å². The molecule has 8 nitrogen and oxygen atoms in total. The lowest BCUT2D eigenvalue weighted by molar-refractivity contribution is -0.122. The Balaban J connectivity index is 1.46. The molecule has 0 aliphatic carbocycles. The van der Waals surface area contributed by atoms with Gasteiger partial charge in [-0.05, 0) is 35.2 Å². The summed E-state index contributed by atoms with van der Waals surface area (Å²) in [5, 5.41) is 11.9. The first-order valence-corrected chi connectivity index (χ1v) is 14.0. The van der Waals surface area contributed by atoms with E-state index in [4.69, 9.17) is 4.74 Å². The molecule has 1 aliphatic heterocycles. The number of aromatic nitrogens is 2. The van der Waals surface area contributed by atoms with Gasteiger partial charge in [0.05, 0.1) is 17.1 Å². The Bertz CT molecular complexity index is 1530. The normalized spacial score (nSPS) is 15.5. The molecule has 10 heteroatoms. The molecule has 0 saturated carbocycles. The Morgan fingerprint density at radius 3 is 2.35 bits per heavy atom. The van der Waals surface area contributed by atoms with Crippen LogP contribution < -0.4 is 14.4 Å². The molecule has 2 heterocycles. The monoisotopic (exact) mass is 534 g/mol. The summed E-state index contributed by atoms with van der Waals surface area (Å²) in [4.78, 5) is 13.4. The van der Waals surface area contributed by atoms with Crippen LogP contribution >= 0.6 is 11.3 Å². The molecule has 37 heavy (non-hydrogen) atoms. The Kier molecular flexibility index (Phi) is 6.47. The lowest BCUT2D eigenvalue weighted by Crippen LogP contribution is -2.49. The summed E-state index contributed by atoms with van der Waals surface area (Å²) in [5.74, 6) is -0.185. The van der Waals surface area contributed by atoms with E-state index >= 15 is 0 Å². The zero-order valence-corrected chi connectivity index (χ0v) is 22.2. The summed E-state index contributed by atoms with van der Waals surface area (Å²) >= 11 is 1.23. The quantitative estimate of drug-likeness (QED) is 0.382. The molecule has 0 saturated heterocycles. The lowest BCUT2D eigenvalue weighted by Gasteiger charge is -2.35. The topological polar surface area (TPSA) is 101 Å². The summed E-state index contributed by atoms with van der Waals surface area (Å²) in [7, 11) is -3.96. The number of benzene rings is 3. The predicted octanol–water partition coefficient (Wildman–Crippen LogP) is 5.10. The van der Waals surface area contributed by atoms with Crippen LogP contribution in [0.3, 0.4) is 0 Å². The standard InChI is InChI=1S/C27H26N4O4S2/c1-27(2,3)19-14-15-22-21(16-19)31(37(33,34)20-12-8-5-9-13-20)17-23(35-22)24(32)28-26-30-29-25(36-26)18-10-6-4-7-11-18/h4-16,23H,17H2,1-3H3,(H,28,30,32)/t23-/m0/s1. The molecule has 1 N–H and O–H groups in total. The van der Waals surface area contributed by atoms with Gasteiger partial charge < -0.3 is 4.74 Å². The number of hydrogen-bond acceptors (Lipinski definition) is 7. The summed E-state index contributed by atoms with van der Waals surface area (Å²) < 4.78 is 34.7. The van der Waals surface area contributed by atoms with Crippen molar-refractivity contribution in [3.8, 4) is 16.3 Å². The highest BCUT2D eigenvalue weighted by Gasteiger charge is 2.38. The number of hydrogen-bond donors (Lipinski definition) is 1. The summed E-state index contributed by atoms with van der Waals surface area (Å²) in [6.45, 7) is 5.97. The van der Waals surface area contributed by atoms with Gasteiger partial charge in [0.1, 0.15) is 10.8 Å². The van der Waals surface area contributed by atoms with E-state index in [0.717, 1.165) is 11.1 Å². The van der Waals surface area contributed by atoms with Crippen molar-refractivity contribution in [1.29, 1.82) is 0 Å². The van der Waals surface area contributed by atoms with Gasteiger partial charge in [-0.1, -0.05) is 86.7 Å². The first kappa shape index (κ1) is 24.9. The summed E-state index contributed by atoms with van der Waals surface area (Å²) in [6.07, 6.45) is -1.09. The number of nitrogens with zero attached hydrogens (tertiary/aromatic N) is 3. The predicted molar refractivity (Wildman–Crippen MR) is 145 cm³/mol. The maximum absolute atomic E-state index is 13.7. The average Bonchev–Trinajstić information content (AvgIpc) is 3.36. The van der Waals surface area contributed by atoms with Crippen LogP contribution in [0.25, 0.3) is 10.6 Å². The van der Waals surface area contributed by atoms with Crippen LogP contribution in [0.2, 0.25) is 0 Å². The second-order valence-electron chi connectivity index (χ2n) is 9.66. The molecule has 190 valence electrons. The maximum Gasteiger partial charge on any atom is 0.269 e. The Hall–Kier alpha value is -3.76. The molecule has 0 unspecified atom stereocenters. The SMILES string of the molecule is CC(C)(C)c1ccc2c(c1)N(S(=O)(=O)c1ccccc1)C[C@@H](C(=O)Nc1nnc(-c3ccccc3)s1)O2. The van der Waals surface area contributed by atoms with E-state index in [1.807, 2.05) is 42.5 Å². The average molecular weight is 535 g/mol. The number of fused-ring (bicyclic) bond motifs is 1. The van der Waals surface area contributed by atoms with E-state index in [1.54, 1.807) is 36.4 Å². The van der Waals surface area contributed by atoms with Crippen LogP contribution in [-0.2, 0) is 20.2 Å². The van der Waals surface area contributed by atoms with E-state index in [0.29, 0.717) is 21.6 Å². The molecule has 1 atom stereocenters. The van der Waals surface area contributed by atoms with Crippen LogP contribution in [0.1, 0.15) is 26.3 Å². The Labute approximate surface area is 220 Å². The third kappa shape index (κ3) is 5.07. The molecule has 1 amide bonds. The second kappa shape index (κ2) is 9.60. The molecule has 3 aromatic carbocycles. The Morgan fingerprint density at radius 2 is 1.68 bits per heavy atom. The van der Waals surface area contributed by atoms with Crippen molar-refractivity contribution in [1.82, 2.24) is 10.2 Å². The smallest absolute Gasteiger partial charge is 0.269 e.